The van der Waals surface area contributed by atoms with Crippen molar-refractivity contribution in [1.29, 1.82) is 0 Å². The van der Waals surface area contributed by atoms with E-state index < -0.39 is 34.9 Å². The van der Waals surface area contributed by atoms with Gasteiger partial charge in [-0.15, -0.1) is 11.8 Å². The Labute approximate surface area is 269 Å². The van der Waals surface area contributed by atoms with Gasteiger partial charge in [0.05, 0.1) is 18.0 Å². The van der Waals surface area contributed by atoms with E-state index in [-0.39, 0.29) is 30.9 Å². The summed E-state index contributed by atoms with van der Waals surface area (Å²) in [7, 11) is 0. The monoisotopic (exact) mass is 629 g/mol. The van der Waals surface area contributed by atoms with E-state index in [0.717, 1.165) is 47.1 Å². The average Bonchev–Trinajstić information content (AvgIpc) is 3.35. The smallest absolute Gasteiger partial charge is 0.407 e. The van der Waals surface area contributed by atoms with Crippen LogP contribution in [0.1, 0.15) is 66.1 Å². The number of nitrogens with one attached hydrogen (secondary N) is 2. The molecule has 0 radical (unpaired) electrons. The van der Waals surface area contributed by atoms with Gasteiger partial charge in [0.15, 0.2) is 6.10 Å². The molecule has 1 saturated heterocycles. The van der Waals surface area contributed by atoms with Crippen molar-refractivity contribution in [3.8, 4) is 0 Å². The van der Waals surface area contributed by atoms with E-state index in [1.54, 1.807) is 0 Å². The van der Waals surface area contributed by atoms with Crippen molar-refractivity contribution in [2.45, 2.75) is 89.0 Å². The zero-order valence-electron chi connectivity index (χ0n) is 26.4. The van der Waals surface area contributed by atoms with E-state index >= 15 is 0 Å². The standard InChI is InChI=1S/C36H43N3O5S/c1-23-12-10-13-24(2)28(23)21-44-35(43)38-30(20-25-14-6-5-7-15-25)31(40)34(42)39-22-45-36(3,4)32(39)33(41)37-29-19-11-17-26-16-8-9-18-27(26)29/h5-10,12-16,18,29-32,40H,11,17,19-22H2,1-4H3,(H,37,41)(H,38,43)/t29?,30-,31-,32?/m0/s1. The number of aryl methyl sites for hydroxylation is 3. The predicted octanol–water partition coefficient (Wildman–Crippen LogP) is 5.38. The van der Waals surface area contributed by atoms with Crippen LogP contribution in [0.25, 0.3) is 0 Å². The average molecular weight is 630 g/mol. The summed E-state index contributed by atoms with van der Waals surface area (Å²) in [4.78, 5) is 42.4. The number of hydrogen-bond donors (Lipinski definition) is 3. The molecule has 0 saturated carbocycles. The number of carbonyl (C=O) groups is 3. The summed E-state index contributed by atoms with van der Waals surface area (Å²) in [5, 5.41) is 17.5. The predicted molar refractivity (Wildman–Crippen MR) is 177 cm³/mol. The van der Waals surface area contributed by atoms with Gasteiger partial charge in [0, 0.05) is 4.75 Å². The van der Waals surface area contributed by atoms with E-state index in [2.05, 4.69) is 22.8 Å². The first-order valence-electron chi connectivity index (χ1n) is 15.6. The molecule has 2 aliphatic rings. The number of hydrogen-bond acceptors (Lipinski definition) is 6. The van der Waals surface area contributed by atoms with Gasteiger partial charge in [0.25, 0.3) is 5.91 Å². The lowest BCUT2D eigenvalue weighted by molar-refractivity contribution is -0.147. The van der Waals surface area contributed by atoms with Gasteiger partial charge in [-0.1, -0.05) is 72.8 Å². The number of aliphatic hydroxyl groups excluding tert-OH is 1. The molecule has 3 N–H and O–H groups in total. The number of nitrogens with zero attached hydrogens (tertiary/aromatic N) is 1. The number of aliphatic hydroxyl groups is 1. The summed E-state index contributed by atoms with van der Waals surface area (Å²) in [6.07, 6.45) is 0.648. The molecule has 45 heavy (non-hydrogen) atoms. The number of rotatable bonds is 9. The molecule has 8 nitrogen and oxygen atoms in total. The van der Waals surface area contributed by atoms with E-state index in [9.17, 15) is 19.5 Å². The number of thioether (sulfide) groups is 1. The molecule has 1 aliphatic heterocycles. The van der Waals surface area contributed by atoms with Crippen LogP contribution in [0, 0.1) is 13.8 Å². The minimum absolute atomic E-state index is 0.0654. The summed E-state index contributed by atoms with van der Waals surface area (Å²) in [5.41, 5.74) is 6.12. The highest BCUT2D eigenvalue weighted by Gasteiger charge is 2.50. The summed E-state index contributed by atoms with van der Waals surface area (Å²) >= 11 is 1.50. The lowest BCUT2D eigenvalue weighted by Crippen LogP contribution is -2.59. The molecular weight excluding hydrogens is 586 g/mol. The number of amides is 3. The lowest BCUT2D eigenvalue weighted by atomic mass is 9.87. The Bertz CT molecular complexity index is 1510. The summed E-state index contributed by atoms with van der Waals surface area (Å²) in [6.45, 7) is 7.87. The largest absolute Gasteiger partial charge is 0.445 e. The molecule has 0 aromatic heterocycles. The number of fused-ring (bicyclic) bond motifs is 1. The van der Waals surface area contributed by atoms with Gasteiger partial charge in [-0.3, -0.25) is 9.59 Å². The number of carbonyl (C=O) groups excluding carboxylic acids is 3. The zero-order chi connectivity index (χ0) is 32.1. The fourth-order valence-electron chi connectivity index (χ4n) is 6.43. The fraction of sp³-hybridized carbons (Fsp3) is 0.417. The molecule has 1 aliphatic carbocycles. The van der Waals surface area contributed by atoms with Crippen LogP contribution in [0.2, 0.25) is 0 Å². The molecule has 3 aromatic carbocycles. The molecule has 9 heteroatoms. The van der Waals surface area contributed by atoms with Gasteiger partial charge in [-0.25, -0.2) is 4.79 Å². The highest BCUT2D eigenvalue weighted by Crippen LogP contribution is 2.40. The van der Waals surface area contributed by atoms with E-state index in [4.69, 9.17) is 4.74 Å². The van der Waals surface area contributed by atoms with Gasteiger partial charge >= 0.3 is 6.09 Å². The van der Waals surface area contributed by atoms with Crippen LogP contribution in [0.15, 0.2) is 72.8 Å². The van der Waals surface area contributed by atoms with Crippen LogP contribution in [-0.2, 0) is 33.8 Å². The Morgan fingerprint density at radius 1 is 1.00 bits per heavy atom. The molecule has 4 atom stereocenters. The van der Waals surface area contributed by atoms with Crippen molar-refractivity contribution in [2.24, 2.45) is 0 Å². The SMILES string of the molecule is Cc1cccc(C)c1COC(=O)N[C@@H](Cc1ccccc1)[C@H](O)C(=O)N1CSC(C)(C)C1C(=O)NC1CCCc2ccccc21. The van der Waals surface area contributed by atoms with Crippen LogP contribution in [0.4, 0.5) is 4.79 Å². The van der Waals surface area contributed by atoms with Crippen molar-refractivity contribution in [2.75, 3.05) is 5.88 Å². The van der Waals surface area contributed by atoms with Gasteiger partial charge in [0.2, 0.25) is 5.91 Å². The minimum Gasteiger partial charge on any atom is -0.445 e. The third kappa shape index (κ3) is 7.53. The quantitative estimate of drug-likeness (QED) is 0.294. The first-order chi connectivity index (χ1) is 21.5. The Balaban J connectivity index is 1.32. The Kier molecular flexibility index (Phi) is 10.2. The molecule has 1 fully saturated rings. The van der Waals surface area contributed by atoms with Crippen molar-refractivity contribution >= 4 is 29.7 Å². The summed E-state index contributed by atoms with van der Waals surface area (Å²) in [6, 6.07) is 21.5. The molecule has 0 spiro atoms. The molecule has 2 unspecified atom stereocenters. The highest BCUT2D eigenvalue weighted by atomic mass is 32.2. The molecule has 3 amide bonds. The second kappa shape index (κ2) is 14.1. The summed E-state index contributed by atoms with van der Waals surface area (Å²) in [5.74, 6) is -0.599. The topological polar surface area (TPSA) is 108 Å². The first kappa shape index (κ1) is 32.6. The van der Waals surface area contributed by atoms with Gasteiger partial charge in [-0.2, -0.15) is 0 Å². The van der Waals surface area contributed by atoms with E-state index in [1.807, 2.05) is 88.4 Å². The van der Waals surface area contributed by atoms with Crippen LogP contribution < -0.4 is 10.6 Å². The number of alkyl carbamates (subject to hydrolysis) is 1. The fourth-order valence-corrected chi connectivity index (χ4v) is 7.57. The van der Waals surface area contributed by atoms with Crippen molar-refractivity contribution in [3.63, 3.8) is 0 Å². The maximum atomic E-state index is 14.0. The van der Waals surface area contributed by atoms with Crippen molar-refractivity contribution in [1.82, 2.24) is 15.5 Å². The minimum atomic E-state index is -1.60. The maximum Gasteiger partial charge on any atom is 0.407 e. The van der Waals surface area contributed by atoms with Gasteiger partial charge in [-0.05, 0) is 86.8 Å². The lowest BCUT2D eigenvalue weighted by Gasteiger charge is -2.35. The van der Waals surface area contributed by atoms with Crippen molar-refractivity contribution < 1.29 is 24.2 Å². The van der Waals surface area contributed by atoms with Gasteiger partial charge in [0.1, 0.15) is 12.6 Å². The first-order valence-corrected chi connectivity index (χ1v) is 16.6. The van der Waals surface area contributed by atoms with E-state index in [1.165, 1.54) is 22.2 Å². The molecule has 5 rings (SSSR count). The van der Waals surface area contributed by atoms with Crippen LogP contribution in [-0.4, -0.2) is 56.7 Å². The van der Waals surface area contributed by atoms with E-state index in [0.29, 0.717) is 0 Å². The number of ether oxygens (including phenoxy) is 1. The molecule has 1 heterocycles. The second-order valence-corrected chi connectivity index (χ2v) is 14.2. The Morgan fingerprint density at radius 2 is 1.69 bits per heavy atom. The van der Waals surface area contributed by atoms with Crippen LogP contribution >= 0.6 is 11.8 Å². The normalized spacial score (nSPS) is 20.1. The molecular formula is C36H43N3O5S. The Hall–Kier alpha value is -3.82. The van der Waals surface area contributed by atoms with Crippen LogP contribution in [0.5, 0.6) is 0 Å². The Morgan fingerprint density at radius 3 is 2.42 bits per heavy atom. The van der Waals surface area contributed by atoms with Gasteiger partial charge < -0.3 is 25.4 Å². The molecule has 0 bridgehead atoms. The number of benzene rings is 3. The van der Waals surface area contributed by atoms with Crippen LogP contribution in [0.3, 0.4) is 0 Å². The zero-order valence-corrected chi connectivity index (χ0v) is 27.2. The summed E-state index contributed by atoms with van der Waals surface area (Å²) < 4.78 is 4.98. The molecule has 238 valence electrons. The second-order valence-electron chi connectivity index (χ2n) is 12.6. The highest BCUT2D eigenvalue weighted by molar-refractivity contribution is 8.00. The third-order valence-corrected chi connectivity index (χ3v) is 10.4. The third-order valence-electron chi connectivity index (χ3n) is 8.99. The maximum absolute atomic E-state index is 14.0. The van der Waals surface area contributed by atoms with Crippen molar-refractivity contribution in [3.05, 3.63) is 106 Å². The molecule has 3 aromatic rings.